The molecule has 1 saturated heterocycles. The third-order valence-electron chi connectivity index (χ3n) is 3.92. The van der Waals surface area contributed by atoms with Crippen LogP contribution in [0.1, 0.15) is 33.3 Å². The van der Waals surface area contributed by atoms with Crippen molar-refractivity contribution < 1.29 is 22.7 Å². The van der Waals surface area contributed by atoms with Gasteiger partial charge in [0.2, 0.25) is 10.0 Å². The first-order chi connectivity index (χ1) is 12.0. The van der Waals surface area contributed by atoms with Crippen LogP contribution in [0.2, 0.25) is 0 Å². The quantitative estimate of drug-likeness (QED) is 0.864. The molecule has 0 radical (unpaired) electrons. The standard InChI is InChI=1S/C18H28N2O5S/c1-13-6-8-16(9-7-13)26(22,23)20-10-15(12-24-11-14(20)2)19-17(21)25-18(3,4)5/h6-9,14-15H,10-12H2,1-5H3,(H,19,21)/t14-,15+/m0/s1. The monoisotopic (exact) mass is 384 g/mol. The summed E-state index contributed by atoms with van der Waals surface area (Å²) in [5, 5.41) is 2.71. The molecule has 2 atom stereocenters. The van der Waals surface area contributed by atoms with Gasteiger partial charge < -0.3 is 14.8 Å². The normalized spacial score (nSPS) is 22.5. The van der Waals surface area contributed by atoms with Gasteiger partial charge in [-0.05, 0) is 46.8 Å². The summed E-state index contributed by atoms with van der Waals surface area (Å²) < 4.78 is 38.3. The van der Waals surface area contributed by atoms with Crippen LogP contribution >= 0.6 is 0 Å². The Hall–Kier alpha value is -1.64. The van der Waals surface area contributed by atoms with Gasteiger partial charge in [-0.25, -0.2) is 13.2 Å². The molecule has 1 N–H and O–H groups in total. The SMILES string of the molecule is Cc1ccc(S(=O)(=O)N2C[C@@H](NC(=O)OC(C)(C)C)COC[C@@H]2C)cc1. The van der Waals surface area contributed by atoms with Crippen LogP contribution in [-0.4, -0.2) is 56.3 Å². The topological polar surface area (TPSA) is 84.9 Å². The maximum atomic E-state index is 13.0. The number of ether oxygens (including phenoxy) is 2. The molecular formula is C18H28N2O5S. The maximum absolute atomic E-state index is 13.0. The Kier molecular flexibility index (Phi) is 6.31. The fraction of sp³-hybridized carbons (Fsp3) is 0.611. The minimum Gasteiger partial charge on any atom is -0.444 e. The van der Waals surface area contributed by atoms with Crippen LogP contribution in [0, 0.1) is 6.92 Å². The lowest BCUT2D eigenvalue weighted by Gasteiger charge is -2.28. The van der Waals surface area contributed by atoms with Crippen molar-refractivity contribution in [2.45, 2.75) is 57.2 Å². The van der Waals surface area contributed by atoms with E-state index in [9.17, 15) is 13.2 Å². The fourth-order valence-electron chi connectivity index (χ4n) is 2.66. The summed E-state index contributed by atoms with van der Waals surface area (Å²) >= 11 is 0. The van der Waals surface area contributed by atoms with E-state index in [2.05, 4.69) is 5.32 Å². The third kappa shape index (κ3) is 5.43. The first kappa shape index (κ1) is 20.7. The van der Waals surface area contributed by atoms with Crippen LogP contribution in [0.4, 0.5) is 4.79 Å². The highest BCUT2D eigenvalue weighted by molar-refractivity contribution is 7.89. The number of hydrogen-bond donors (Lipinski definition) is 1. The van der Waals surface area contributed by atoms with Crippen LogP contribution in [0.15, 0.2) is 29.2 Å². The molecule has 8 heteroatoms. The second-order valence-electron chi connectivity index (χ2n) is 7.62. The number of hydrogen-bond acceptors (Lipinski definition) is 5. The molecule has 0 bridgehead atoms. The van der Waals surface area contributed by atoms with Crippen molar-refractivity contribution in [2.24, 2.45) is 0 Å². The number of benzene rings is 1. The lowest BCUT2D eigenvalue weighted by Crippen LogP contribution is -2.49. The minimum absolute atomic E-state index is 0.122. The number of carbonyl (C=O) groups is 1. The van der Waals surface area contributed by atoms with E-state index < -0.39 is 27.8 Å². The van der Waals surface area contributed by atoms with Crippen molar-refractivity contribution >= 4 is 16.1 Å². The average Bonchev–Trinajstić information content (AvgIpc) is 2.68. The second-order valence-corrected chi connectivity index (χ2v) is 9.51. The van der Waals surface area contributed by atoms with Crippen molar-refractivity contribution in [3.8, 4) is 0 Å². The number of nitrogens with zero attached hydrogens (tertiary/aromatic N) is 1. The van der Waals surface area contributed by atoms with Crippen molar-refractivity contribution in [3.05, 3.63) is 29.8 Å². The predicted molar refractivity (Wildman–Crippen MR) is 98.5 cm³/mol. The van der Waals surface area contributed by atoms with E-state index in [4.69, 9.17) is 9.47 Å². The largest absolute Gasteiger partial charge is 0.444 e. The number of amides is 1. The van der Waals surface area contributed by atoms with Gasteiger partial charge in [-0.1, -0.05) is 17.7 Å². The highest BCUT2D eigenvalue weighted by Crippen LogP contribution is 2.21. The molecule has 1 aromatic rings. The molecule has 0 saturated carbocycles. The Bertz CT molecular complexity index is 725. The summed E-state index contributed by atoms with van der Waals surface area (Å²) in [5.41, 5.74) is 0.358. The van der Waals surface area contributed by atoms with Crippen molar-refractivity contribution in [3.63, 3.8) is 0 Å². The number of carbonyl (C=O) groups excluding carboxylic acids is 1. The van der Waals surface area contributed by atoms with E-state index in [0.29, 0.717) is 0 Å². The van der Waals surface area contributed by atoms with Gasteiger partial charge in [-0.2, -0.15) is 4.31 Å². The zero-order chi connectivity index (χ0) is 19.5. The van der Waals surface area contributed by atoms with Gasteiger partial charge in [-0.3, -0.25) is 0 Å². The van der Waals surface area contributed by atoms with E-state index in [1.807, 2.05) is 6.92 Å². The van der Waals surface area contributed by atoms with E-state index in [0.717, 1.165) is 5.56 Å². The van der Waals surface area contributed by atoms with Gasteiger partial charge in [0.15, 0.2) is 0 Å². The van der Waals surface area contributed by atoms with E-state index in [1.54, 1.807) is 52.0 Å². The first-order valence-corrected chi connectivity index (χ1v) is 10.1. The number of alkyl carbamates (subject to hydrolysis) is 1. The second kappa shape index (κ2) is 7.94. The van der Waals surface area contributed by atoms with Gasteiger partial charge in [-0.15, -0.1) is 0 Å². The Balaban J connectivity index is 2.18. The lowest BCUT2D eigenvalue weighted by atomic mass is 10.2. The summed E-state index contributed by atoms with van der Waals surface area (Å²) in [5.74, 6) is 0. The van der Waals surface area contributed by atoms with Crippen LogP contribution in [0.3, 0.4) is 0 Å². The molecule has 0 aliphatic carbocycles. The van der Waals surface area contributed by atoms with Gasteiger partial charge in [0, 0.05) is 12.6 Å². The zero-order valence-electron chi connectivity index (χ0n) is 16.0. The smallest absolute Gasteiger partial charge is 0.407 e. The molecular weight excluding hydrogens is 356 g/mol. The summed E-state index contributed by atoms with van der Waals surface area (Å²) in [6, 6.07) is 5.89. The number of sulfonamides is 1. The fourth-order valence-corrected chi connectivity index (χ4v) is 4.32. The average molecular weight is 384 g/mol. The Morgan fingerprint density at radius 2 is 1.85 bits per heavy atom. The van der Waals surface area contributed by atoms with Crippen molar-refractivity contribution in [1.82, 2.24) is 9.62 Å². The summed E-state index contributed by atoms with van der Waals surface area (Å²) in [4.78, 5) is 12.3. The van der Waals surface area contributed by atoms with Crippen LogP contribution in [0.5, 0.6) is 0 Å². The molecule has 1 aliphatic rings. The van der Waals surface area contributed by atoms with Gasteiger partial charge in [0.25, 0.3) is 0 Å². The Morgan fingerprint density at radius 3 is 2.42 bits per heavy atom. The molecule has 0 spiro atoms. The Labute approximate surface area is 155 Å². The maximum Gasteiger partial charge on any atom is 0.407 e. The lowest BCUT2D eigenvalue weighted by molar-refractivity contribution is 0.0462. The number of aryl methyl sites for hydroxylation is 1. The molecule has 7 nitrogen and oxygen atoms in total. The predicted octanol–water partition coefficient (Wildman–Crippen LogP) is 2.30. The zero-order valence-corrected chi connectivity index (χ0v) is 16.8. The van der Waals surface area contributed by atoms with Gasteiger partial charge in [0.1, 0.15) is 5.60 Å². The molecule has 26 heavy (non-hydrogen) atoms. The van der Waals surface area contributed by atoms with Gasteiger partial charge >= 0.3 is 6.09 Å². The number of rotatable bonds is 3. The summed E-state index contributed by atoms with van der Waals surface area (Å²) in [6.07, 6.45) is -0.590. The van der Waals surface area contributed by atoms with Gasteiger partial charge in [0.05, 0.1) is 24.2 Å². The molecule has 146 valence electrons. The molecule has 0 aromatic heterocycles. The number of nitrogens with one attached hydrogen (secondary N) is 1. The van der Waals surface area contributed by atoms with Crippen LogP contribution in [0.25, 0.3) is 0 Å². The van der Waals surface area contributed by atoms with E-state index >= 15 is 0 Å². The van der Waals surface area contributed by atoms with Crippen molar-refractivity contribution in [1.29, 1.82) is 0 Å². The summed E-state index contributed by atoms with van der Waals surface area (Å²) in [7, 11) is -3.69. The van der Waals surface area contributed by atoms with Crippen LogP contribution in [-0.2, 0) is 19.5 Å². The van der Waals surface area contributed by atoms with Crippen molar-refractivity contribution in [2.75, 3.05) is 19.8 Å². The Morgan fingerprint density at radius 1 is 1.23 bits per heavy atom. The molecule has 1 heterocycles. The molecule has 1 amide bonds. The summed E-state index contributed by atoms with van der Waals surface area (Å²) in [6.45, 7) is 9.62. The van der Waals surface area contributed by atoms with Crippen LogP contribution < -0.4 is 5.32 Å². The van der Waals surface area contributed by atoms with E-state index in [-0.39, 0.29) is 30.7 Å². The first-order valence-electron chi connectivity index (χ1n) is 8.65. The molecule has 1 aliphatic heterocycles. The molecule has 1 aromatic carbocycles. The van der Waals surface area contributed by atoms with E-state index in [1.165, 1.54) is 4.31 Å². The highest BCUT2D eigenvalue weighted by atomic mass is 32.2. The minimum atomic E-state index is -3.69. The molecule has 2 rings (SSSR count). The third-order valence-corrected chi connectivity index (χ3v) is 5.91. The molecule has 0 unspecified atom stereocenters. The molecule has 1 fully saturated rings. The highest BCUT2D eigenvalue weighted by Gasteiger charge is 2.34.